The molecule has 3 nitrogen and oxygen atoms in total. The largest absolute Gasteiger partial charge is 0.478 e. The van der Waals surface area contributed by atoms with Gasteiger partial charge in [-0.15, -0.1) is 0 Å². The molecule has 1 aromatic heterocycles. The maximum atomic E-state index is 5.44. The van der Waals surface area contributed by atoms with Crippen LogP contribution in [0.25, 0.3) is 0 Å². The summed E-state index contributed by atoms with van der Waals surface area (Å²) in [7, 11) is 0. The molecule has 3 heteroatoms. The number of hydrogen-bond acceptors (Lipinski definition) is 2. The molecule has 2 rings (SSSR count). The zero-order valence-corrected chi connectivity index (χ0v) is 7.34. The standard InChI is InChI=1S/C9H14N2O/c1-9(3-4-9)5-7-12-8-2-6-10-11-8/h2,6H,3-5,7H2,1H3,(H,10,11). The summed E-state index contributed by atoms with van der Waals surface area (Å²) in [4.78, 5) is 0. The van der Waals surface area contributed by atoms with Gasteiger partial charge in [0.05, 0.1) is 12.8 Å². The van der Waals surface area contributed by atoms with Crippen LogP contribution in [-0.4, -0.2) is 16.8 Å². The van der Waals surface area contributed by atoms with Crippen LogP contribution >= 0.6 is 0 Å². The molecule has 0 atom stereocenters. The molecule has 12 heavy (non-hydrogen) atoms. The van der Waals surface area contributed by atoms with Crippen molar-refractivity contribution in [2.45, 2.75) is 26.2 Å². The molecular formula is C9H14N2O. The van der Waals surface area contributed by atoms with Crippen LogP contribution in [0.3, 0.4) is 0 Å². The Kier molecular flexibility index (Phi) is 1.79. The second-order valence-electron chi connectivity index (χ2n) is 3.83. The molecule has 66 valence electrons. The second-order valence-corrected chi connectivity index (χ2v) is 3.83. The van der Waals surface area contributed by atoms with E-state index >= 15 is 0 Å². The van der Waals surface area contributed by atoms with Crippen LogP contribution in [0, 0.1) is 5.41 Å². The summed E-state index contributed by atoms with van der Waals surface area (Å²) in [6.45, 7) is 3.11. The van der Waals surface area contributed by atoms with E-state index in [1.165, 1.54) is 12.8 Å². The van der Waals surface area contributed by atoms with E-state index in [1.54, 1.807) is 6.20 Å². The van der Waals surface area contributed by atoms with Gasteiger partial charge in [0.2, 0.25) is 5.88 Å². The van der Waals surface area contributed by atoms with E-state index in [-0.39, 0.29) is 0 Å². The molecular weight excluding hydrogens is 152 g/mol. The Labute approximate surface area is 72.1 Å². The van der Waals surface area contributed by atoms with Crippen molar-refractivity contribution >= 4 is 0 Å². The number of rotatable bonds is 4. The van der Waals surface area contributed by atoms with E-state index < -0.39 is 0 Å². The first-order valence-corrected chi connectivity index (χ1v) is 4.41. The Morgan fingerprint density at radius 1 is 1.67 bits per heavy atom. The van der Waals surface area contributed by atoms with Crippen LogP contribution in [-0.2, 0) is 0 Å². The van der Waals surface area contributed by atoms with Crippen LogP contribution in [0.1, 0.15) is 26.2 Å². The highest BCUT2D eigenvalue weighted by Crippen LogP contribution is 2.47. The van der Waals surface area contributed by atoms with Crippen LogP contribution in [0.2, 0.25) is 0 Å². The summed E-state index contributed by atoms with van der Waals surface area (Å²) in [6.07, 6.45) is 5.58. The predicted molar refractivity (Wildman–Crippen MR) is 46.0 cm³/mol. The van der Waals surface area contributed by atoms with Gasteiger partial charge in [0, 0.05) is 6.07 Å². The highest BCUT2D eigenvalue weighted by molar-refractivity contribution is 5.04. The smallest absolute Gasteiger partial charge is 0.208 e. The molecule has 1 heterocycles. The highest BCUT2D eigenvalue weighted by atomic mass is 16.5. The Morgan fingerprint density at radius 2 is 2.50 bits per heavy atom. The number of aromatic amines is 1. The lowest BCUT2D eigenvalue weighted by Crippen LogP contribution is -2.04. The number of H-pyrrole nitrogens is 1. The normalized spacial score (nSPS) is 19.1. The van der Waals surface area contributed by atoms with E-state index in [2.05, 4.69) is 17.1 Å². The molecule has 1 saturated carbocycles. The number of hydrogen-bond donors (Lipinski definition) is 1. The van der Waals surface area contributed by atoms with E-state index in [0.717, 1.165) is 18.9 Å². The Bertz CT molecular complexity index is 239. The van der Waals surface area contributed by atoms with E-state index in [4.69, 9.17) is 4.74 Å². The van der Waals surface area contributed by atoms with Gasteiger partial charge in [-0.25, -0.2) is 5.10 Å². The van der Waals surface area contributed by atoms with Crippen LogP contribution in [0.4, 0.5) is 0 Å². The summed E-state index contributed by atoms with van der Waals surface area (Å²) in [6, 6.07) is 1.84. The maximum Gasteiger partial charge on any atom is 0.208 e. The minimum Gasteiger partial charge on any atom is -0.478 e. The fourth-order valence-corrected chi connectivity index (χ4v) is 1.19. The molecule has 0 amide bonds. The third-order valence-electron chi connectivity index (χ3n) is 2.54. The first-order valence-electron chi connectivity index (χ1n) is 4.41. The molecule has 0 aliphatic heterocycles. The summed E-state index contributed by atoms with van der Waals surface area (Å²) in [5, 5.41) is 6.57. The van der Waals surface area contributed by atoms with Crippen LogP contribution in [0.5, 0.6) is 5.88 Å². The second kappa shape index (κ2) is 2.81. The van der Waals surface area contributed by atoms with Crippen molar-refractivity contribution in [3.05, 3.63) is 12.3 Å². The van der Waals surface area contributed by atoms with Crippen molar-refractivity contribution in [1.82, 2.24) is 10.2 Å². The molecule has 1 N–H and O–H groups in total. The summed E-state index contributed by atoms with van der Waals surface area (Å²) in [5.41, 5.74) is 0.583. The van der Waals surface area contributed by atoms with Crippen molar-refractivity contribution < 1.29 is 4.74 Å². The van der Waals surface area contributed by atoms with Gasteiger partial charge in [0.1, 0.15) is 0 Å². The van der Waals surface area contributed by atoms with Gasteiger partial charge >= 0.3 is 0 Å². The van der Waals surface area contributed by atoms with E-state index in [1.807, 2.05) is 6.07 Å². The molecule has 1 aliphatic carbocycles. The summed E-state index contributed by atoms with van der Waals surface area (Å²) in [5.74, 6) is 0.777. The van der Waals surface area contributed by atoms with Crippen molar-refractivity contribution in [2.24, 2.45) is 5.41 Å². The molecule has 0 unspecified atom stereocenters. The summed E-state index contributed by atoms with van der Waals surface area (Å²) >= 11 is 0. The van der Waals surface area contributed by atoms with Gasteiger partial charge in [-0.05, 0) is 24.7 Å². The minimum absolute atomic E-state index is 0.583. The lowest BCUT2D eigenvalue weighted by molar-refractivity contribution is 0.267. The average molecular weight is 166 g/mol. The number of aromatic nitrogens is 2. The number of nitrogens with zero attached hydrogens (tertiary/aromatic N) is 1. The van der Waals surface area contributed by atoms with Crippen LogP contribution < -0.4 is 4.74 Å². The van der Waals surface area contributed by atoms with Gasteiger partial charge in [0.25, 0.3) is 0 Å². The van der Waals surface area contributed by atoms with Gasteiger partial charge < -0.3 is 4.74 Å². The van der Waals surface area contributed by atoms with Crippen molar-refractivity contribution in [3.63, 3.8) is 0 Å². The van der Waals surface area contributed by atoms with Crippen molar-refractivity contribution in [3.8, 4) is 5.88 Å². The lowest BCUT2D eigenvalue weighted by atomic mass is 10.1. The number of nitrogens with one attached hydrogen (secondary N) is 1. The number of ether oxygens (including phenoxy) is 1. The predicted octanol–water partition coefficient (Wildman–Crippen LogP) is 1.98. The minimum atomic E-state index is 0.583. The Hall–Kier alpha value is -0.990. The average Bonchev–Trinajstić information content (AvgIpc) is 2.61. The van der Waals surface area contributed by atoms with Gasteiger partial charge in [-0.1, -0.05) is 6.92 Å². The Balaban J connectivity index is 1.69. The van der Waals surface area contributed by atoms with E-state index in [9.17, 15) is 0 Å². The fourth-order valence-electron chi connectivity index (χ4n) is 1.19. The summed E-state index contributed by atoms with van der Waals surface area (Å²) < 4.78 is 5.44. The zero-order chi connectivity index (χ0) is 8.44. The van der Waals surface area contributed by atoms with E-state index in [0.29, 0.717) is 5.41 Å². The van der Waals surface area contributed by atoms with Crippen molar-refractivity contribution in [2.75, 3.05) is 6.61 Å². The molecule has 0 saturated heterocycles. The molecule has 0 bridgehead atoms. The van der Waals surface area contributed by atoms with Crippen molar-refractivity contribution in [1.29, 1.82) is 0 Å². The molecule has 0 aromatic carbocycles. The first kappa shape index (κ1) is 7.65. The lowest BCUT2D eigenvalue weighted by Gasteiger charge is -2.07. The van der Waals surface area contributed by atoms with Gasteiger partial charge in [-0.2, -0.15) is 5.10 Å². The Morgan fingerprint density at radius 3 is 3.08 bits per heavy atom. The molecule has 1 aromatic rings. The molecule has 1 fully saturated rings. The third-order valence-corrected chi connectivity index (χ3v) is 2.54. The molecule has 0 radical (unpaired) electrons. The maximum absolute atomic E-state index is 5.44. The first-order chi connectivity index (χ1) is 5.79. The topological polar surface area (TPSA) is 37.9 Å². The zero-order valence-electron chi connectivity index (χ0n) is 7.34. The quantitative estimate of drug-likeness (QED) is 0.742. The SMILES string of the molecule is CC1(CCOc2ccn[nH]2)CC1. The third kappa shape index (κ3) is 1.78. The van der Waals surface area contributed by atoms with Gasteiger partial charge in [-0.3, -0.25) is 0 Å². The molecule has 0 spiro atoms. The fraction of sp³-hybridized carbons (Fsp3) is 0.667. The van der Waals surface area contributed by atoms with Crippen LogP contribution in [0.15, 0.2) is 12.3 Å². The van der Waals surface area contributed by atoms with Gasteiger partial charge in [0.15, 0.2) is 0 Å². The highest BCUT2D eigenvalue weighted by Gasteiger charge is 2.36. The monoisotopic (exact) mass is 166 g/mol. The molecule has 1 aliphatic rings.